The maximum absolute atomic E-state index is 10.0. The van der Waals surface area contributed by atoms with Gasteiger partial charge in [-0.25, -0.2) is 14.6 Å². The van der Waals surface area contributed by atoms with E-state index in [0.717, 1.165) is 24.9 Å². The van der Waals surface area contributed by atoms with Crippen LogP contribution in [0.25, 0.3) is 22.6 Å². The fourth-order valence-corrected chi connectivity index (χ4v) is 3.84. The lowest BCUT2D eigenvalue weighted by Gasteiger charge is -2.23. The Bertz CT molecular complexity index is 1140. The van der Waals surface area contributed by atoms with Gasteiger partial charge in [-0.2, -0.15) is 0 Å². The molecule has 1 unspecified atom stereocenters. The number of hydrogen-bond donors (Lipinski definition) is 3. The highest BCUT2D eigenvalue weighted by Crippen LogP contribution is 2.33. The molecule has 3 aromatic heterocycles. The first-order valence-electron chi connectivity index (χ1n) is 11.0. The van der Waals surface area contributed by atoms with Gasteiger partial charge in [0.2, 0.25) is 0 Å². The molecule has 1 saturated heterocycles. The van der Waals surface area contributed by atoms with Gasteiger partial charge in [-0.05, 0) is 62.8 Å². The summed E-state index contributed by atoms with van der Waals surface area (Å²) in [5.74, 6) is 7.01. The summed E-state index contributed by atoms with van der Waals surface area (Å²) < 4.78 is 12.9. The van der Waals surface area contributed by atoms with Crippen molar-refractivity contribution >= 4 is 16.9 Å². The zero-order valence-corrected chi connectivity index (χ0v) is 18.7. The molecule has 1 aliphatic heterocycles. The van der Waals surface area contributed by atoms with Gasteiger partial charge in [0.05, 0.1) is 12.8 Å². The third-order valence-electron chi connectivity index (χ3n) is 5.40. The van der Waals surface area contributed by atoms with Gasteiger partial charge in [0.1, 0.15) is 22.3 Å². The Morgan fingerprint density at radius 1 is 1.38 bits per heavy atom. The third kappa shape index (κ3) is 4.69. The highest BCUT2D eigenvalue weighted by Gasteiger charge is 2.23. The number of ether oxygens (including phenoxy) is 1. The average molecular weight is 440 g/mol. The van der Waals surface area contributed by atoms with Gasteiger partial charge in [-0.1, -0.05) is 12.3 Å². The van der Waals surface area contributed by atoms with Gasteiger partial charge in [-0.15, -0.1) is 0 Å². The number of aryl methyl sites for hydroxylation is 1. The maximum Gasteiger partial charge on any atom is 0.199 e. The number of nitrogens with two attached hydrogens (primary N) is 1. The van der Waals surface area contributed by atoms with Crippen molar-refractivity contribution in [1.82, 2.24) is 30.2 Å². The average Bonchev–Trinajstić information content (AvgIpc) is 3.36. The molecule has 0 radical (unpaired) electrons. The van der Waals surface area contributed by atoms with Crippen LogP contribution in [0.4, 0.5) is 5.82 Å². The predicted octanol–water partition coefficient (Wildman–Crippen LogP) is 2.12. The van der Waals surface area contributed by atoms with E-state index in [1.54, 1.807) is 20.0 Å². The van der Waals surface area contributed by atoms with E-state index in [0.29, 0.717) is 47.7 Å². The van der Waals surface area contributed by atoms with Crippen molar-refractivity contribution in [2.45, 2.75) is 64.6 Å². The number of nitrogen functional groups attached to an aromatic ring is 1. The topological polar surface area (TPSA) is 137 Å². The molecule has 1 fully saturated rings. The number of hydrogen-bond acceptors (Lipinski definition) is 9. The van der Waals surface area contributed by atoms with E-state index in [4.69, 9.17) is 20.1 Å². The zero-order chi connectivity index (χ0) is 22.7. The quantitative estimate of drug-likeness (QED) is 0.493. The van der Waals surface area contributed by atoms with Crippen molar-refractivity contribution in [2.24, 2.45) is 0 Å². The second kappa shape index (κ2) is 9.14. The lowest BCUT2D eigenvalue weighted by atomic mass is 10.0. The molecule has 4 rings (SSSR count). The highest BCUT2D eigenvalue weighted by molar-refractivity contribution is 5.89. The second-order valence-corrected chi connectivity index (χ2v) is 8.44. The minimum absolute atomic E-state index is 0.151. The van der Waals surface area contributed by atoms with Crippen LogP contribution in [0.3, 0.4) is 0 Å². The minimum Gasteiger partial charge on any atom is -0.490 e. The van der Waals surface area contributed by atoms with Crippen LogP contribution in [0.2, 0.25) is 0 Å². The van der Waals surface area contributed by atoms with Gasteiger partial charge < -0.3 is 25.5 Å². The van der Waals surface area contributed by atoms with E-state index < -0.39 is 5.60 Å². The van der Waals surface area contributed by atoms with E-state index in [1.807, 2.05) is 11.5 Å². The number of aliphatic hydroxyl groups is 1. The normalized spacial score (nSPS) is 16.7. The van der Waals surface area contributed by atoms with Crippen molar-refractivity contribution in [2.75, 3.05) is 18.9 Å². The largest absolute Gasteiger partial charge is 0.490 e. The number of aromatic nitrogens is 5. The van der Waals surface area contributed by atoms with E-state index in [9.17, 15) is 5.11 Å². The van der Waals surface area contributed by atoms with Crippen LogP contribution >= 0.6 is 0 Å². The van der Waals surface area contributed by atoms with Gasteiger partial charge in [0, 0.05) is 12.6 Å². The van der Waals surface area contributed by atoms with E-state index in [2.05, 4.69) is 32.5 Å². The molecule has 32 heavy (non-hydrogen) atoms. The molecule has 0 amide bonds. The fraction of sp³-hybridized carbons (Fsp3) is 0.545. The molecular formula is C22H29N7O3. The van der Waals surface area contributed by atoms with E-state index in [-0.39, 0.29) is 5.82 Å². The molecule has 10 heteroatoms. The predicted molar refractivity (Wildman–Crippen MR) is 120 cm³/mol. The number of rotatable bonds is 6. The molecule has 1 aliphatic rings. The summed E-state index contributed by atoms with van der Waals surface area (Å²) in [6.07, 6.45) is 6.21. The van der Waals surface area contributed by atoms with Crippen LogP contribution < -0.4 is 15.8 Å². The van der Waals surface area contributed by atoms with Gasteiger partial charge >= 0.3 is 0 Å². The molecule has 10 nitrogen and oxygen atoms in total. The molecule has 170 valence electrons. The minimum atomic E-state index is -1.16. The molecule has 0 aromatic carbocycles. The number of piperidine rings is 1. The fourth-order valence-electron chi connectivity index (χ4n) is 3.84. The SMILES string of the molecule is CCn1c(-c2nonc2N)nc2c(C#CC(C)(C)O)ncc(OCCC3CCCCN3)c21. The molecule has 3 aromatic rings. The molecule has 0 saturated carbocycles. The summed E-state index contributed by atoms with van der Waals surface area (Å²) in [5.41, 5.74) is 6.86. The molecule has 1 atom stereocenters. The number of imidazole rings is 1. The summed E-state index contributed by atoms with van der Waals surface area (Å²) >= 11 is 0. The van der Waals surface area contributed by atoms with Crippen molar-refractivity contribution in [3.05, 3.63) is 11.9 Å². The summed E-state index contributed by atoms with van der Waals surface area (Å²) in [4.78, 5) is 9.20. The Kier molecular flexibility index (Phi) is 6.30. The number of nitrogens with one attached hydrogen (secondary N) is 1. The zero-order valence-electron chi connectivity index (χ0n) is 18.7. The van der Waals surface area contributed by atoms with Crippen LogP contribution in [0.1, 0.15) is 52.1 Å². The van der Waals surface area contributed by atoms with Crippen LogP contribution in [0, 0.1) is 11.8 Å². The van der Waals surface area contributed by atoms with Gasteiger partial charge in [0.25, 0.3) is 0 Å². The lowest BCUT2D eigenvalue weighted by molar-refractivity contribution is 0.143. The summed E-state index contributed by atoms with van der Waals surface area (Å²) in [5, 5.41) is 21.2. The monoisotopic (exact) mass is 439 g/mol. The van der Waals surface area contributed by atoms with Crippen molar-refractivity contribution in [3.8, 4) is 29.1 Å². The Hall–Kier alpha value is -3.16. The Labute approximate surface area is 186 Å². The van der Waals surface area contributed by atoms with E-state index in [1.165, 1.54) is 12.8 Å². The van der Waals surface area contributed by atoms with Crippen molar-refractivity contribution in [1.29, 1.82) is 0 Å². The molecule has 4 heterocycles. The maximum atomic E-state index is 10.0. The first kappa shape index (κ1) is 22.0. The van der Waals surface area contributed by atoms with Crippen molar-refractivity contribution in [3.63, 3.8) is 0 Å². The molecule has 0 spiro atoms. The summed E-state index contributed by atoms with van der Waals surface area (Å²) in [6.45, 7) is 7.43. The lowest BCUT2D eigenvalue weighted by Crippen LogP contribution is -2.35. The molecule has 4 N–H and O–H groups in total. The Morgan fingerprint density at radius 2 is 2.22 bits per heavy atom. The highest BCUT2D eigenvalue weighted by atomic mass is 16.6. The third-order valence-corrected chi connectivity index (χ3v) is 5.40. The molecule has 0 bridgehead atoms. The number of anilines is 1. The first-order chi connectivity index (χ1) is 15.4. The summed E-state index contributed by atoms with van der Waals surface area (Å²) in [7, 11) is 0. The molecular weight excluding hydrogens is 410 g/mol. The van der Waals surface area contributed by atoms with Gasteiger partial charge in [-0.3, -0.25) is 0 Å². The smallest absolute Gasteiger partial charge is 0.199 e. The van der Waals surface area contributed by atoms with Crippen LogP contribution in [0.5, 0.6) is 5.75 Å². The number of nitrogens with zero attached hydrogens (tertiary/aromatic N) is 5. The Morgan fingerprint density at radius 3 is 2.88 bits per heavy atom. The number of fused-ring (bicyclic) bond motifs is 1. The van der Waals surface area contributed by atoms with Crippen molar-refractivity contribution < 1.29 is 14.5 Å². The van der Waals surface area contributed by atoms with Gasteiger partial charge in [0.15, 0.2) is 23.1 Å². The standard InChI is InChI=1S/C22H29N7O3/c1-4-29-19-16(31-12-9-14-7-5-6-11-24-14)13-25-15(8-10-22(2,3)30)17(19)26-21(29)18-20(23)28-32-27-18/h13-14,24,30H,4-7,9,11-12H2,1-3H3,(H2,23,28). The first-order valence-corrected chi connectivity index (χ1v) is 11.0. The van der Waals surface area contributed by atoms with Crippen LogP contribution in [0.15, 0.2) is 10.8 Å². The van der Waals surface area contributed by atoms with Crippen LogP contribution in [-0.2, 0) is 6.54 Å². The Balaban J connectivity index is 1.75. The molecule has 0 aliphatic carbocycles. The summed E-state index contributed by atoms with van der Waals surface area (Å²) in [6, 6.07) is 0.469. The van der Waals surface area contributed by atoms with Crippen LogP contribution in [-0.4, -0.2) is 54.7 Å². The second-order valence-electron chi connectivity index (χ2n) is 8.44. The number of pyridine rings is 1. The van der Waals surface area contributed by atoms with E-state index >= 15 is 0 Å².